The van der Waals surface area contributed by atoms with Crippen LogP contribution in [0.25, 0.3) is 0 Å². The Bertz CT molecular complexity index is 522. The molecule has 0 aliphatic carbocycles. The highest BCUT2D eigenvalue weighted by Gasteiger charge is 2.20. The zero-order valence-corrected chi connectivity index (χ0v) is 11.2. The predicted octanol–water partition coefficient (Wildman–Crippen LogP) is 3.80. The number of methoxy groups -OCH3 is 1. The average molecular weight is 269 g/mol. The summed E-state index contributed by atoms with van der Waals surface area (Å²) in [6, 6.07) is 7.27. The molecule has 0 spiro atoms. The molecule has 1 aromatic heterocycles. The van der Waals surface area contributed by atoms with E-state index in [1.807, 2.05) is 18.4 Å². The first kappa shape index (κ1) is 12.4. The fraction of sp³-hybridized carbons (Fsp3) is 0.231. The van der Waals surface area contributed by atoms with Crippen LogP contribution in [-0.2, 0) is 0 Å². The molecule has 17 heavy (non-hydrogen) atoms. The lowest BCUT2D eigenvalue weighted by atomic mass is 10.0. The summed E-state index contributed by atoms with van der Waals surface area (Å²) < 4.78 is 5.24. The van der Waals surface area contributed by atoms with Gasteiger partial charge in [-0.15, -0.1) is 11.3 Å². The minimum atomic E-state index is -0.745. The second-order valence-corrected chi connectivity index (χ2v) is 5.22. The maximum atomic E-state index is 10.4. The average Bonchev–Trinajstić information content (AvgIpc) is 2.74. The molecular weight excluding hydrogens is 256 g/mol. The number of halogens is 1. The van der Waals surface area contributed by atoms with Crippen molar-refractivity contribution in [1.82, 2.24) is 0 Å². The minimum Gasteiger partial charge on any atom is -0.496 e. The Morgan fingerprint density at radius 1 is 1.35 bits per heavy atom. The Labute approximate surface area is 109 Å². The van der Waals surface area contributed by atoms with Gasteiger partial charge in [0.15, 0.2) is 0 Å². The molecule has 4 heteroatoms. The van der Waals surface area contributed by atoms with E-state index in [-0.39, 0.29) is 0 Å². The van der Waals surface area contributed by atoms with Crippen molar-refractivity contribution >= 4 is 22.9 Å². The van der Waals surface area contributed by atoms with Crippen molar-refractivity contribution in [3.63, 3.8) is 0 Å². The van der Waals surface area contributed by atoms with E-state index >= 15 is 0 Å². The first-order valence-corrected chi connectivity index (χ1v) is 6.45. The van der Waals surface area contributed by atoms with E-state index in [0.717, 1.165) is 10.4 Å². The van der Waals surface area contributed by atoms with E-state index in [0.29, 0.717) is 16.3 Å². The topological polar surface area (TPSA) is 29.5 Å². The lowest BCUT2D eigenvalue weighted by molar-refractivity contribution is 0.214. The van der Waals surface area contributed by atoms with Gasteiger partial charge in [-0.3, -0.25) is 0 Å². The molecule has 1 aromatic carbocycles. The lowest BCUT2D eigenvalue weighted by Crippen LogP contribution is -2.03. The predicted molar refractivity (Wildman–Crippen MR) is 71.1 cm³/mol. The first-order valence-electron chi connectivity index (χ1n) is 5.19. The summed E-state index contributed by atoms with van der Waals surface area (Å²) in [4.78, 5) is 1.08. The van der Waals surface area contributed by atoms with Crippen LogP contribution in [0.3, 0.4) is 0 Å². The largest absolute Gasteiger partial charge is 0.496 e. The molecule has 0 saturated heterocycles. The van der Waals surface area contributed by atoms with Gasteiger partial charge in [0.2, 0.25) is 0 Å². The summed E-state index contributed by atoms with van der Waals surface area (Å²) in [5, 5.41) is 12.9. The molecule has 0 radical (unpaired) electrons. The number of thiophene rings is 1. The van der Waals surface area contributed by atoms with Gasteiger partial charge in [0.25, 0.3) is 0 Å². The number of aliphatic hydroxyl groups is 1. The molecule has 2 aromatic rings. The number of ether oxygens (including phenoxy) is 1. The Kier molecular flexibility index (Phi) is 3.72. The van der Waals surface area contributed by atoms with Crippen molar-refractivity contribution in [1.29, 1.82) is 0 Å². The third-order valence-corrected chi connectivity index (χ3v) is 3.89. The highest BCUT2D eigenvalue weighted by Crippen LogP contribution is 2.37. The highest BCUT2D eigenvalue weighted by molar-refractivity contribution is 7.10. The van der Waals surface area contributed by atoms with Crippen molar-refractivity contribution in [2.75, 3.05) is 7.11 Å². The smallest absolute Gasteiger partial charge is 0.126 e. The van der Waals surface area contributed by atoms with Gasteiger partial charge in [-0.1, -0.05) is 17.7 Å². The molecule has 1 heterocycles. The van der Waals surface area contributed by atoms with Crippen molar-refractivity contribution in [3.8, 4) is 5.75 Å². The Balaban J connectivity index is 2.50. The molecule has 1 atom stereocenters. The normalized spacial score (nSPS) is 12.5. The monoisotopic (exact) mass is 268 g/mol. The van der Waals surface area contributed by atoms with E-state index in [1.54, 1.807) is 36.6 Å². The fourth-order valence-corrected chi connectivity index (χ4v) is 2.80. The van der Waals surface area contributed by atoms with Crippen LogP contribution in [-0.4, -0.2) is 12.2 Å². The van der Waals surface area contributed by atoms with Crippen molar-refractivity contribution in [2.24, 2.45) is 0 Å². The second kappa shape index (κ2) is 5.08. The van der Waals surface area contributed by atoms with Crippen molar-refractivity contribution in [3.05, 3.63) is 50.7 Å². The molecule has 1 unspecified atom stereocenters. The van der Waals surface area contributed by atoms with Gasteiger partial charge in [-0.25, -0.2) is 0 Å². The molecule has 90 valence electrons. The number of hydrogen-bond acceptors (Lipinski definition) is 3. The summed E-state index contributed by atoms with van der Waals surface area (Å²) in [5.41, 5.74) is 1.50. The fourth-order valence-electron chi connectivity index (χ4n) is 1.79. The molecule has 0 fully saturated rings. The van der Waals surface area contributed by atoms with Gasteiger partial charge >= 0.3 is 0 Å². The van der Waals surface area contributed by atoms with Gasteiger partial charge in [0.1, 0.15) is 11.9 Å². The van der Waals surface area contributed by atoms with Gasteiger partial charge in [-0.05, 0) is 36.1 Å². The van der Waals surface area contributed by atoms with Crippen LogP contribution < -0.4 is 4.74 Å². The van der Waals surface area contributed by atoms with Gasteiger partial charge in [0, 0.05) is 10.4 Å². The Morgan fingerprint density at radius 3 is 2.71 bits per heavy atom. The van der Waals surface area contributed by atoms with Crippen LogP contribution in [0.1, 0.15) is 22.1 Å². The quantitative estimate of drug-likeness (QED) is 0.917. The maximum Gasteiger partial charge on any atom is 0.126 e. The van der Waals surface area contributed by atoms with Gasteiger partial charge < -0.3 is 9.84 Å². The highest BCUT2D eigenvalue weighted by atomic mass is 35.5. The van der Waals surface area contributed by atoms with Crippen LogP contribution in [0.4, 0.5) is 0 Å². The molecule has 2 rings (SSSR count). The molecule has 0 saturated carbocycles. The SMILES string of the molecule is COc1cccc(Cl)c1C(O)c1ccsc1C. The van der Waals surface area contributed by atoms with Crippen LogP contribution in [0.5, 0.6) is 5.75 Å². The zero-order valence-electron chi connectivity index (χ0n) is 9.61. The maximum absolute atomic E-state index is 10.4. The molecule has 0 amide bonds. The minimum absolute atomic E-state index is 0.516. The van der Waals surface area contributed by atoms with Gasteiger partial charge in [-0.2, -0.15) is 0 Å². The van der Waals surface area contributed by atoms with E-state index in [9.17, 15) is 5.11 Å². The standard InChI is InChI=1S/C13H13ClO2S/c1-8-9(6-7-17-8)13(15)12-10(14)4-3-5-11(12)16-2/h3-7,13,15H,1-2H3. The molecule has 0 bridgehead atoms. The summed E-state index contributed by atoms with van der Waals surface area (Å²) in [5.74, 6) is 0.607. The molecule has 0 aliphatic rings. The number of aryl methyl sites for hydroxylation is 1. The zero-order chi connectivity index (χ0) is 12.4. The summed E-state index contributed by atoms with van der Waals surface area (Å²) >= 11 is 7.74. The Morgan fingerprint density at radius 2 is 2.12 bits per heavy atom. The Hall–Kier alpha value is -1.03. The number of aliphatic hydroxyl groups excluding tert-OH is 1. The van der Waals surface area contributed by atoms with Crippen LogP contribution in [0.15, 0.2) is 29.6 Å². The number of benzene rings is 1. The number of hydrogen-bond donors (Lipinski definition) is 1. The molecule has 1 N–H and O–H groups in total. The van der Waals surface area contributed by atoms with E-state index in [2.05, 4.69) is 0 Å². The summed E-state index contributed by atoms with van der Waals surface area (Å²) in [6.07, 6.45) is -0.745. The summed E-state index contributed by atoms with van der Waals surface area (Å²) in [6.45, 7) is 1.98. The third-order valence-electron chi connectivity index (χ3n) is 2.70. The summed E-state index contributed by atoms with van der Waals surface area (Å²) in [7, 11) is 1.57. The van der Waals surface area contributed by atoms with Crippen LogP contribution >= 0.6 is 22.9 Å². The van der Waals surface area contributed by atoms with E-state index in [1.165, 1.54) is 0 Å². The first-order chi connectivity index (χ1) is 8.15. The lowest BCUT2D eigenvalue weighted by Gasteiger charge is -2.16. The number of rotatable bonds is 3. The molecular formula is C13H13ClO2S. The van der Waals surface area contributed by atoms with Gasteiger partial charge in [0.05, 0.1) is 12.1 Å². The van der Waals surface area contributed by atoms with Crippen molar-refractivity contribution < 1.29 is 9.84 Å². The van der Waals surface area contributed by atoms with Crippen molar-refractivity contribution in [2.45, 2.75) is 13.0 Å². The van der Waals surface area contributed by atoms with Crippen LogP contribution in [0.2, 0.25) is 5.02 Å². The van der Waals surface area contributed by atoms with E-state index < -0.39 is 6.10 Å². The molecule has 0 aliphatic heterocycles. The second-order valence-electron chi connectivity index (χ2n) is 3.69. The molecule has 2 nitrogen and oxygen atoms in total. The third kappa shape index (κ3) is 2.32. The van der Waals surface area contributed by atoms with E-state index in [4.69, 9.17) is 16.3 Å². The van der Waals surface area contributed by atoms with Crippen LogP contribution in [0, 0.1) is 6.92 Å².